The number of furan rings is 1. The van der Waals surface area contributed by atoms with Crippen molar-refractivity contribution in [1.82, 2.24) is 19.6 Å². The Morgan fingerprint density at radius 3 is 2.87 bits per heavy atom. The highest BCUT2D eigenvalue weighted by Gasteiger charge is 2.45. The average Bonchev–Trinajstić information content (AvgIpc) is 3.26. The maximum absolute atomic E-state index is 12.7. The Morgan fingerprint density at radius 2 is 2.17 bits per heavy atom. The molecule has 0 saturated carbocycles. The second-order valence-corrected chi connectivity index (χ2v) is 6.64. The Balaban J connectivity index is 1.47. The van der Waals surface area contributed by atoms with E-state index in [9.17, 15) is 4.79 Å². The van der Waals surface area contributed by atoms with Crippen LogP contribution in [0.3, 0.4) is 0 Å². The number of hydrogen-bond acceptors (Lipinski definition) is 4. The molecule has 0 bridgehead atoms. The van der Waals surface area contributed by atoms with Crippen LogP contribution in [-0.2, 0) is 13.6 Å². The molecule has 4 heterocycles. The largest absolute Gasteiger partial charge is 0.459 e. The zero-order valence-corrected chi connectivity index (χ0v) is 13.6. The first kappa shape index (κ1) is 14.5. The third kappa shape index (κ3) is 2.47. The van der Waals surface area contributed by atoms with E-state index in [4.69, 9.17) is 4.42 Å². The van der Waals surface area contributed by atoms with Crippen LogP contribution in [0.2, 0.25) is 0 Å². The molecule has 2 saturated heterocycles. The molecule has 23 heavy (non-hydrogen) atoms. The van der Waals surface area contributed by atoms with Gasteiger partial charge in [0, 0.05) is 56.1 Å². The monoisotopic (exact) mass is 314 g/mol. The summed E-state index contributed by atoms with van der Waals surface area (Å²) < 4.78 is 7.24. The minimum absolute atomic E-state index is 0.0447. The number of carbonyl (C=O) groups excluding carboxylic acids is 1. The van der Waals surface area contributed by atoms with Crippen molar-refractivity contribution >= 4 is 5.91 Å². The number of rotatable bonds is 3. The molecule has 122 valence electrons. The van der Waals surface area contributed by atoms with Gasteiger partial charge >= 0.3 is 0 Å². The fourth-order valence-corrected chi connectivity index (χ4v) is 4.03. The molecule has 4 rings (SSSR count). The molecule has 0 radical (unpaired) electrons. The number of carbonyl (C=O) groups is 1. The molecule has 0 N–H and O–H groups in total. The molecule has 6 heteroatoms. The Kier molecular flexibility index (Phi) is 3.49. The predicted octanol–water partition coefficient (Wildman–Crippen LogP) is 1.81. The van der Waals surface area contributed by atoms with Gasteiger partial charge in [-0.05, 0) is 25.8 Å². The molecule has 2 aliphatic rings. The van der Waals surface area contributed by atoms with Crippen LogP contribution in [0.15, 0.2) is 29.1 Å². The van der Waals surface area contributed by atoms with Gasteiger partial charge < -0.3 is 9.32 Å². The van der Waals surface area contributed by atoms with E-state index in [2.05, 4.69) is 16.2 Å². The van der Waals surface area contributed by atoms with Crippen molar-refractivity contribution in [2.24, 2.45) is 7.05 Å². The van der Waals surface area contributed by atoms with Crippen LogP contribution >= 0.6 is 0 Å². The van der Waals surface area contributed by atoms with E-state index in [1.807, 2.05) is 35.8 Å². The summed E-state index contributed by atoms with van der Waals surface area (Å²) in [5, 5.41) is 4.24. The molecule has 1 amide bonds. The van der Waals surface area contributed by atoms with Gasteiger partial charge in [0.05, 0.1) is 12.5 Å². The van der Waals surface area contributed by atoms with Gasteiger partial charge in [0.1, 0.15) is 0 Å². The maximum atomic E-state index is 12.7. The molecule has 2 fully saturated rings. The fraction of sp³-hybridized carbons (Fsp3) is 0.529. The standard InChI is InChI=1S/C17H22N4O2/c1-12-5-8-23-16(12)17(22)21-7-4-14-15(21)3-6-20(14)11-13-9-18-19(2)10-13/h5,8-10,14-15H,3-4,6-7,11H2,1-2H3/t14-,15+/m0/s1. The van der Waals surface area contributed by atoms with Crippen LogP contribution in [0, 0.1) is 6.92 Å². The van der Waals surface area contributed by atoms with Crippen molar-refractivity contribution < 1.29 is 9.21 Å². The highest BCUT2D eigenvalue weighted by Crippen LogP contribution is 2.33. The van der Waals surface area contributed by atoms with Crippen LogP contribution in [0.25, 0.3) is 0 Å². The van der Waals surface area contributed by atoms with Crippen molar-refractivity contribution in [2.75, 3.05) is 13.1 Å². The van der Waals surface area contributed by atoms with E-state index in [0.717, 1.165) is 38.0 Å². The number of amides is 1. The molecule has 0 unspecified atom stereocenters. The van der Waals surface area contributed by atoms with Crippen molar-refractivity contribution in [3.05, 3.63) is 41.6 Å². The molecular formula is C17H22N4O2. The van der Waals surface area contributed by atoms with E-state index in [1.165, 1.54) is 5.56 Å². The molecule has 0 aromatic carbocycles. The number of aryl methyl sites for hydroxylation is 2. The molecule has 2 aromatic rings. The minimum atomic E-state index is 0.0447. The summed E-state index contributed by atoms with van der Waals surface area (Å²) in [6.07, 6.45) is 7.67. The van der Waals surface area contributed by atoms with Gasteiger partial charge in [0.25, 0.3) is 5.91 Å². The summed E-state index contributed by atoms with van der Waals surface area (Å²) in [6.45, 7) is 4.69. The molecule has 0 aliphatic carbocycles. The van der Waals surface area contributed by atoms with Gasteiger partial charge in [-0.2, -0.15) is 5.10 Å². The lowest BCUT2D eigenvalue weighted by Gasteiger charge is -2.25. The second-order valence-electron chi connectivity index (χ2n) is 6.64. The van der Waals surface area contributed by atoms with Gasteiger partial charge in [-0.25, -0.2) is 0 Å². The molecule has 0 spiro atoms. The number of hydrogen-bond donors (Lipinski definition) is 0. The summed E-state index contributed by atoms with van der Waals surface area (Å²) in [5.41, 5.74) is 2.16. The summed E-state index contributed by atoms with van der Waals surface area (Å²) >= 11 is 0. The van der Waals surface area contributed by atoms with Crippen molar-refractivity contribution in [3.63, 3.8) is 0 Å². The second kappa shape index (κ2) is 5.53. The smallest absolute Gasteiger partial charge is 0.290 e. The van der Waals surface area contributed by atoms with E-state index >= 15 is 0 Å². The van der Waals surface area contributed by atoms with Gasteiger partial charge in [-0.15, -0.1) is 0 Å². The summed E-state index contributed by atoms with van der Waals surface area (Å²) in [7, 11) is 1.94. The number of nitrogens with zero attached hydrogens (tertiary/aromatic N) is 4. The lowest BCUT2D eigenvalue weighted by Crippen LogP contribution is -2.39. The number of aromatic nitrogens is 2. The maximum Gasteiger partial charge on any atom is 0.290 e. The first-order chi connectivity index (χ1) is 11.1. The fourth-order valence-electron chi connectivity index (χ4n) is 4.03. The normalized spacial score (nSPS) is 24.3. The number of fused-ring (bicyclic) bond motifs is 1. The highest BCUT2D eigenvalue weighted by atomic mass is 16.3. The van der Waals surface area contributed by atoms with Crippen molar-refractivity contribution in [1.29, 1.82) is 0 Å². The Hall–Kier alpha value is -2.08. The lowest BCUT2D eigenvalue weighted by atomic mass is 10.1. The van der Waals surface area contributed by atoms with E-state index in [1.54, 1.807) is 6.26 Å². The van der Waals surface area contributed by atoms with Crippen molar-refractivity contribution in [3.8, 4) is 0 Å². The topological polar surface area (TPSA) is 54.5 Å². The Labute approximate surface area is 135 Å². The van der Waals surface area contributed by atoms with Crippen LogP contribution in [0.4, 0.5) is 0 Å². The van der Waals surface area contributed by atoms with Crippen LogP contribution in [0.5, 0.6) is 0 Å². The first-order valence-electron chi connectivity index (χ1n) is 8.20. The zero-order chi connectivity index (χ0) is 16.0. The number of likely N-dealkylation sites (tertiary alicyclic amines) is 2. The van der Waals surface area contributed by atoms with Crippen LogP contribution < -0.4 is 0 Å². The lowest BCUT2D eigenvalue weighted by molar-refractivity contribution is 0.0698. The van der Waals surface area contributed by atoms with Gasteiger partial charge in [-0.1, -0.05) is 0 Å². The average molecular weight is 314 g/mol. The molecule has 2 atom stereocenters. The highest BCUT2D eigenvalue weighted by molar-refractivity contribution is 5.93. The minimum Gasteiger partial charge on any atom is -0.459 e. The quantitative estimate of drug-likeness (QED) is 0.867. The summed E-state index contributed by atoms with van der Waals surface area (Å²) in [6, 6.07) is 2.61. The Morgan fingerprint density at radius 1 is 1.35 bits per heavy atom. The van der Waals surface area contributed by atoms with Gasteiger partial charge in [0.15, 0.2) is 5.76 Å². The van der Waals surface area contributed by atoms with E-state index in [-0.39, 0.29) is 5.91 Å². The van der Waals surface area contributed by atoms with Gasteiger partial charge in [-0.3, -0.25) is 14.4 Å². The van der Waals surface area contributed by atoms with Gasteiger partial charge in [0.2, 0.25) is 0 Å². The molecular weight excluding hydrogens is 292 g/mol. The first-order valence-corrected chi connectivity index (χ1v) is 8.20. The molecule has 2 aliphatic heterocycles. The van der Waals surface area contributed by atoms with Crippen LogP contribution in [0.1, 0.15) is 34.5 Å². The summed E-state index contributed by atoms with van der Waals surface area (Å²) in [4.78, 5) is 17.2. The third-order valence-corrected chi connectivity index (χ3v) is 5.15. The molecule has 6 nitrogen and oxygen atoms in total. The van der Waals surface area contributed by atoms with E-state index in [0.29, 0.717) is 17.8 Å². The zero-order valence-electron chi connectivity index (χ0n) is 13.6. The summed E-state index contributed by atoms with van der Waals surface area (Å²) in [5.74, 6) is 0.541. The third-order valence-electron chi connectivity index (χ3n) is 5.15. The van der Waals surface area contributed by atoms with Crippen LogP contribution in [-0.4, -0.2) is 50.7 Å². The predicted molar refractivity (Wildman–Crippen MR) is 84.9 cm³/mol. The van der Waals surface area contributed by atoms with Crippen molar-refractivity contribution in [2.45, 2.75) is 38.4 Å². The van der Waals surface area contributed by atoms with E-state index < -0.39 is 0 Å². The molecule has 2 aromatic heterocycles. The SMILES string of the molecule is Cc1ccoc1C(=O)N1CC[C@H]2[C@H]1CCN2Cc1cnn(C)c1. The Bertz CT molecular complexity index is 720.